The fourth-order valence-corrected chi connectivity index (χ4v) is 7.03. The van der Waals surface area contributed by atoms with Gasteiger partial charge in [-0.15, -0.1) is 16.9 Å². The summed E-state index contributed by atoms with van der Waals surface area (Å²) in [4.78, 5) is 62.1. The monoisotopic (exact) mass is 678 g/mol. The molecule has 3 atom stereocenters. The molecule has 2 aromatic heterocycles. The summed E-state index contributed by atoms with van der Waals surface area (Å²) in [7, 11) is 0. The predicted octanol–water partition coefficient (Wildman–Crippen LogP) is -3.35. The number of thioether (sulfide) groups is 2. The number of anilines is 2. The Labute approximate surface area is 292 Å². The van der Waals surface area contributed by atoms with E-state index in [9.17, 15) is 34.5 Å². The molecule has 2 aliphatic heterocycles. The molecular weight excluding hydrogens is 651 g/mol. The van der Waals surface area contributed by atoms with E-state index < -0.39 is 47.2 Å². The third-order valence-corrected chi connectivity index (χ3v) is 9.03. The van der Waals surface area contributed by atoms with Gasteiger partial charge in [0.1, 0.15) is 33.9 Å². The number of carbonyl (C=O) groups is 4. The first-order valence-electron chi connectivity index (χ1n) is 13.3. The molecule has 5 rings (SSSR count). The zero-order valence-corrected chi connectivity index (χ0v) is 28.3. The number of nitrogens with one attached hydrogen (secondary N) is 3. The SMILES string of the molecule is CC(C)Nc1ncc(N(C(N)=O)C(C(=O)NC2C(=O)N3C(C(=O)[O-])=C(CSc4c[nH]nn4)CS[C@@H]23)c2ccc(O)cc2)c(O)n1.[Na+]. The number of urea groups is 1. The van der Waals surface area contributed by atoms with Gasteiger partial charge in [-0.1, -0.05) is 29.1 Å². The van der Waals surface area contributed by atoms with Crippen molar-refractivity contribution in [3.05, 3.63) is 53.5 Å². The number of carboxylic acids is 1. The summed E-state index contributed by atoms with van der Waals surface area (Å²) < 4.78 is 0. The molecule has 0 saturated carbocycles. The number of carbonyl (C=O) groups excluding carboxylic acids is 4. The number of aromatic hydroxyl groups is 2. The van der Waals surface area contributed by atoms with Gasteiger partial charge in [0.05, 0.1) is 24.1 Å². The van der Waals surface area contributed by atoms with Gasteiger partial charge in [0.25, 0.3) is 5.91 Å². The number of hydrogen-bond acceptors (Lipinski definition) is 14. The molecule has 236 valence electrons. The fraction of sp³-hybridized carbons (Fsp3) is 0.308. The van der Waals surface area contributed by atoms with Gasteiger partial charge in [-0.2, -0.15) is 4.98 Å². The smallest absolute Gasteiger partial charge is 0.543 e. The topological polar surface area (TPSA) is 256 Å². The Bertz CT molecular complexity index is 1660. The number of phenols is 1. The summed E-state index contributed by atoms with van der Waals surface area (Å²) in [6.07, 6.45) is 2.66. The molecule has 17 nitrogen and oxygen atoms in total. The van der Waals surface area contributed by atoms with E-state index in [1.165, 1.54) is 47.8 Å². The number of fused-ring (bicyclic) bond motifs is 1. The van der Waals surface area contributed by atoms with Crippen LogP contribution in [0.4, 0.5) is 16.4 Å². The largest absolute Gasteiger partial charge is 1.00 e. The Morgan fingerprint density at radius 3 is 2.57 bits per heavy atom. The number of primary amides is 1. The van der Waals surface area contributed by atoms with Crippen molar-refractivity contribution >= 4 is 59.0 Å². The minimum absolute atomic E-state index is 0. The van der Waals surface area contributed by atoms with E-state index in [1.54, 1.807) is 6.20 Å². The molecule has 3 aromatic rings. The Hall–Kier alpha value is -4.04. The Morgan fingerprint density at radius 2 is 1.98 bits per heavy atom. The maximum absolute atomic E-state index is 13.9. The first-order chi connectivity index (χ1) is 21.5. The second-order valence-corrected chi connectivity index (χ2v) is 12.2. The van der Waals surface area contributed by atoms with Crippen molar-refractivity contribution in [3.8, 4) is 11.6 Å². The van der Waals surface area contributed by atoms with Crippen LogP contribution in [-0.2, 0) is 14.4 Å². The number of nitrogens with two attached hydrogens (primary N) is 1. The average Bonchev–Trinajstić information content (AvgIpc) is 3.51. The third kappa shape index (κ3) is 7.17. The molecule has 4 amide bonds. The first kappa shape index (κ1) is 34.8. The fourth-order valence-electron chi connectivity index (χ4n) is 4.76. The normalized spacial score (nSPS) is 17.8. The molecule has 7 N–H and O–H groups in total. The van der Waals surface area contributed by atoms with Gasteiger partial charge in [-0.3, -0.25) is 24.5 Å². The Kier molecular flexibility index (Phi) is 11.0. The maximum atomic E-state index is 13.9. The van der Waals surface area contributed by atoms with Crippen LogP contribution in [0.25, 0.3) is 0 Å². The molecule has 0 aliphatic carbocycles. The molecule has 0 spiro atoms. The van der Waals surface area contributed by atoms with E-state index >= 15 is 0 Å². The summed E-state index contributed by atoms with van der Waals surface area (Å²) in [5, 5.41) is 48.0. The van der Waals surface area contributed by atoms with Crippen LogP contribution in [0.5, 0.6) is 11.6 Å². The number of nitrogens with zero attached hydrogens (tertiary/aromatic N) is 6. The molecule has 0 radical (unpaired) electrons. The molecule has 20 heteroatoms. The van der Waals surface area contributed by atoms with Crippen molar-refractivity contribution in [2.45, 2.75) is 42.4 Å². The van der Waals surface area contributed by atoms with Gasteiger partial charge in [-0.25, -0.2) is 9.78 Å². The predicted molar refractivity (Wildman–Crippen MR) is 160 cm³/mol. The van der Waals surface area contributed by atoms with Crippen LogP contribution in [0.1, 0.15) is 25.5 Å². The molecule has 0 bridgehead atoms. The molecule has 2 unspecified atom stereocenters. The second kappa shape index (κ2) is 14.6. The minimum Gasteiger partial charge on any atom is -0.543 e. The number of β-lactam (4-membered cyclic amide) rings is 1. The van der Waals surface area contributed by atoms with Gasteiger partial charge in [0.2, 0.25) is 17.7 Å². The number of H-pyrrole nitrogens is 1. The van der Waals surface area contributed by atoms with E-state index in [-0.39, 0.29) is 75.8 Å². The number of hydrogen-bond donors (Lipinski definition) is 6. The maximum Gasteiger partial charge on any atom is 1.00 e. The van der Waals surface area contributed by atoms with Crippen LogP contribution >= 0.6 is 23.5 Å². The Morgan fingerprint density at radius 1 is 1.26 bits per heavy atom. The summed E-state index contributed by atoms with van der Waals surface area (Å²) in [6.45, 7) is 3.65. The summed E-state index contributed by atoms with van der Waals surface area (Å²) in [5.74, 6) is -3.40. The number of aromatic amines is 1. The third-order valence-electron chi connectivity index (χ3n) is 6.71. The average molecular weight is 679 g/mol. The van der Waals surface area contributed by atoms with Gasteiger partial charge in [0, 0.05) is 17.5 Å². The quantitative estimate of drug-likeness (QED) is 0.0659. The van der Waals surface area contributed by atoms with Crippen LogP contribution in [0.15, 0.2) is 53.0 Å². The van der Waals surface area contributed by atoms with Crippen molar-refractivity contribution in [3.63, 3.8) is 0 Å². The second-order valence-electron chi connectivity index (χ2n) is 10.1. The number of phenolic OH excluding ortho intramolecular Hbond substituents is 1. The number of aliphatic carboxylic acids is 1. The summed E-state index contributed by atoms with van der Waals surface area (Å²) in [5.41, 5.74) is 5.73. The van der Waals surface area contributed by atoms with E-state index in [2.05, 4.69) is 36.0 Å². The van der Waals surface area contributed by atoms with E-state index in [4.69, 9.17) is 5.73 Å². The number of aromatic nitrogens is 5. The zero-order valence-electron chi connectivity index (χ0n) is 24.7. The number of carboxylic acid groups (broad SMARTS) is 1. The van der Waals surface area contributed by atoms with Crippen LogP contribution in [0.2, 0.25) is 0 Å². The molecular formula is C26H27N10NaO7S2. The minimum atomic E-state index is -1.57. The molecule has 1 aromatic carbocycles. The van der Waals surface area contributed by atoms with Crippen molar-refractivity contribution in [2.75, 3.05) is 21.7 Å². The van der Waals surface area contributed by atoms with E-state index in [0.29, 0.717) is 10.6 Å². The van der Waals surface area contributed by atoms with Crippen molar-refractivity contribution in [2.24, 2.45) is 5.73 Å². The van der Waals surface area contributed by atoms with Crippen LogP contribution in [0, 0.1) is 0 Å². The van der Waals surface area contributed by atoms with Crippen LogP contribution in [0.3, 0.4) is 0 Å². The molecule has 1 fully saturated rings. The molecule has 46 heavy (non-hydrogen) atoms. The molecule has 4 heterocycles. The number of amides is 4. The Balaban J connectivity index is 0.00000480. The van der Waals surface area contributed by atoms with Crippen LogP contribution in [-0.4, -0.2) is 93.3 Å². The zero-order chi connectivity index (χ0) is 32.4. The molecule has 2 aliphatic rings. The van der Waals surface area contributed by atoms with E-state index in [1.807, 2.05) is 13.8 Å². The van der Waals surface area contributed by atoms with Gasteiger partial charge in [0.15, 0.2) is 0 Å². The van der Waals surface area contributed by atoms with Crippen LogP contribution < -0.4 is 55.9 Å². The van der Waals surface area contributed by atoms with Gasteiger partial charge in [-0.05, 0) is 37.1 Å². The first-order valence-corrected chi connectivity index (χ1v) is 15.4. The number of benzene rings is 1. The number of rotatable bonds is 11. The van der Waals surface area contributed by atoms with Gasteiger partial charge >= 0.3 is 35.6 Å². The van der Waals surface area contributed by atoms with E-state index in [0.717, 1.165) is 16.0 Å². The standard InChI is InChI=1S/C26H28N10O7S2.Na/c1-11(2)30-26-28-7-15(20(38)32-26)35(25(27)43)18(12-3-5-14(37)6-4-12)21(39)31-17-22(40)36-19(24(41)42)13(10-45-23(17)36)9-44-16-8-29-34-33-16;/h3-8,11,17-18,23,37H,9-10H2,1-2H3,(H2,27,43)(H,31,39)(H,41,42)(H,29,33,34)(H2,28,30,32,38);/q;+1/p-1/t17?,18?,23-;/m0./s1. The van der Waals surface area contributed by atoms with Crippen molar-refractivity contribution < 1.29 is 64.1 Å². The van der Waals surface area contributed by atoms with Gasteiger partial charge < -0.3 is 36.5 Å². The summed E-state index contributed by atoms with van der Waals surface area (Å²) >= 11 is 2.47. The van der Waals surface area contributed by atoms with Crippen molar-refractivity contribution in [1.82, 2.24) is 35.6 Å². The summed E-state index contributed by atoms with van der Waals surface area (Å²) in [6, 6.07) is 1.32. The molecule has 1 saturated heterocycles. The van der Waals surface area contributed by atoms with Crippen molar-refractivity contribution in [1.29, 1.82) is 0 Å².